The van der Waals surface area contributed by atoms with Crippen LogP contribution < -0.4 is 4.18 Å². The van der Waals surface area contributed by atoms with Crippen molar-refractivity contribution in [1.82, 2.24) is 4.98 Å². The second kappa shape index (κ2) is 5.07. The van der Waals surface area contributed by atoms with Gasteiger partial charge in [0, 0.05) is 0 Å². The third-order valence-corrected chi connectivity index (χ3v) is 3.70. The third kappa shape index (κ3) is 5.20. The monoisotopic (exact) mass is 309 g/mol. The van der Waals surface area contributed by atoms with Gasteiger partial charge in [0.15, 0.2) is 0 Å². The zero-order chi connectivity index (χ0) is 13.1. The van der Waals surface area contributed by atoms with Crippen LogP contribution in [0.25, 0.3) is 0 Å². The summed E-state index contributed by atoms with van der Waals surface area (Å²) in [5.74, 6) is 0. The molecule has 17 heavy (non-hydrogen) atoms. The number of nitrogens with zero attached hydrogens (tertiary/aromatic N) is 1. The molecule has 0 fully saturated rings. The molecule has 11 nitrogen and oxygen atoms in total. The molecule has 0 spiro atoms. The molecule has 1 aromatic rings. The first-order valence-corrected chi connectivity index (χ1v) is 7.01. The van der Waals surface area contributed by atoms with Crippen LogP contribution in [0.5, 0.6) is 6.08 Å². The van der Waals surface area contributed by atoms with E-state index in [4.69, 9.17) is 4.55 Å². The smallest absolute Gasteiger partial charge is 0.417 e. The molecule has 0 amide bonds. The van der Waals surface area contributed by atoms with Crippen LogP contribution in [0.3, 0.4) is 0 Å². The molecule has 0 saturated heterocycles. The van der Waals surface area contributed by atoms with Gasteiger partial charge in [-0.3, -0.25) is 4.55 Å². The Bertz CT molecular complexity index is 583. The highest BCUT2D eigenvalue weighted by Crippen LogP contribution is 2.12. The Morgan fingerprint density at radius 2 is 1.94 bits per heavy atom. The summed E-state index contributed by atoms with van der Waals surface area (Å²) in [6.07, 6.45) is 1.14. The lowest BCUT2D eigenvalue weighted by Gasteiger charge is -2.01. The molecule has 1 N–H and O–H groups in total. The minimum absolute atomic E-state index is 0.815. The van der Waals surface area contributed by atoms with Gasteiger partial charge in [0.05, 0.1) is 6.20 Å². The van der Waals surface area contributed by atoms with Crippen LogP contribution in [0, 0.1) is 0 Å². The molecule has 14 heteroatoms. The molecule has 1 unspecified atom stereocenters. The maximum Gasteiger partial charge on any atom is 0.469 e. The minimum Gasteiger partial charge on any atom is -0.417 e. The van der Waals surface area contributed by atoms with Gasteiger partial charge in [0.1, 0.15) is 6.26 Å². The van der Waals surface area contributed by atoms with E-state index in [1.807, 2.05) is 0 Å². The number of hydrogen-bond donors (Lipinski definition) is 1. The van der Waals surface area contributed by atoms with E-state index in [1.165, 1.54) is 0 Å². The quantitative estimate of drug-likeness (QED) is 0.623. The fourth-order valence-corrected chi connectivity index (χ4v) is 2.59. The van der Waals surface area contributed by atoms with Gasteiger partial charge >= 0.3 is 38.2 Å². The van der Waals surface area contributed by atoms with Crippen LogP contribution in [0.1, 0.15) is 0 Å². The Kier molecular flexibility index (Phi) is 4.17. The SMILES string of the molecule is O=S(O)OS(=O)(=O)OS(=O)(=O)Oc1ncco1. The summed E-state index contributed by atoms with van der Waals surface area (Å²) < 4.78 is 76.1. The molecule has 98 valence electrons. The molecule has 1 heterocycles. The molecular weight excluding hydrogens is 306 g/mol. The van der Waals surface area contributed by atoms with Crippen LogP contribution >= 0.6 is 0 Å². The van der Waals surface area contributed by atoms with E-state index in [1.54, 1.807) is 0 Å². The van der Waals surface area contributed by atoms with E-state index in [0.717, 1.165) is 12.5 Å². The predicted molar refractivity (Wildman–Crippen MR) is 47.9 cm³/mol. The van der Waals surface area contributed by atoms with Crippen molar-refractivity contribution in [2.75, 3.05) is 0 Å². The second-order valence-corrected chi connectivity index (χ2v) is 5.37. The number of hydrogen-bond acceptors (Lipinski definition) is 10. The molecule has 0 aliphatic heterocycles. The van der Waals surface area contributed by atoms with E-state index in [9.17, 15) is 21.0 Å². The van der Waals surface area contributed by atoms with Gasteiger partial charge < -0.3 is 8.60 Å². The normalized spacial score (nSPS) is 14.4. The summed E-state index contributed by atoms with van der Waals surface area (Å²) in [7, 11) is -10.4. The second-order valence-electron chi connectivity index (χ2n) is 2.05. The zero-order valence-electron chi connectivity index (χ0n) is 7.45. The molecule has 0 bridgehead atoms. The van der Waals surface area contributed by atoms with Gasteiger partial charge in [-0.2, -0.15) is 26.0 Å². The fourth-order valence-electron chi connectivity index (χ4n) is 0.537. The molecule has 0 aromatic carbocycles. The van der Waals surface area contributed by atoms with E-state index in [-0.39, 0.29) is 0 Å². The van der Waals surface area contributed by atoms with E-state index in [0.29, 0.717) is 0 Å². The Labute approximate surface area is 97.5 Å². The number of aromatic nitrogens is 1. The molecule has 0 aliphatic rings. The van der Waals surface area contributed by atoms with Gasteiger partial charge in [0.2, 0.25) is 0 Å². The molecule has 1 aromatic heterocycles. The molecule has 0 saturated carbocycles. The van der Waals surface area contributed by atoms with Crippen LogP contribution in [-0.4, -0.2) is 30.6 Å². The summed E-state index contributed by atoms with van der Waals surface area (Å²) in [5.41, 5.74) is 0. The van der Waals surface area contributed by atoms with Gasteiger partial charge in [-0.1, -0.05) is 3.63 Å². The molecular formula is C3H3NO10S3. The fraction of sp³-hybridized carbons (Fsp3) is 0. The number of oxazole rings is 1. The maximum atomic E-state index is 10.9. The lowest BCUT2D eigenvalue weighted by molar-refractivity contribution is 0.313. The lowest BCUT2D eigenvalue weighted by Crippen LogP contribution is -2.21. The van der Waals surface area contributed by atoms with Gasteiger partial charge in [-0.05, 0) is 0 Å². The first-order valence-electron chi connectivity index (χ1n) is 3.31. The van der Waals surface area contributed by atoms with Crippen molar-refractivity contribution < 1.29 is 41.5 Å². The summed E-state index contributed by atoms with van der Waals surface area (Å²) in [6.45, 7) is 0. The average Bonchev–Trinajstić information content (AvgIpc) is 2.49. The topological polar surface area (TPSA) is 159 Å². The Hall–Kier alpha value is -1.06. The van der Waals surface area contributed by atoms with E-state index in [2.05, 4.69) is 20.8 Å². The highest BCUT2D eigenvalue weighted by molar-refractivity contribution is 7.99. The highest BCUT2D eigenvalue weighted by Gasteiger charge is 2.29. The highest BCUT2D eigenvalue weighted by atomic mass is 32.3. The summed E-state index contributed by atoms with van der Waals surface area (Å²) in [4.78, 5) is 3.20. The summed E-state index contributed by atoms with van der Waals surface area (Å²) in [5, 5.41) is 0. The van der Waals surface area contributed by atoms with Crippen molar-refractivity contribution in [3.8, 4) is 6.08 Å². The van der Waals surface area contributed by atoms with Crippen molar-refractivity contribution >= 4 is 32.2 Å². The van der Waals surface area contributed by atoms with Crippen molar-refractivity contribution in [3.63, 3.8) is 0 Å². The van der Waals surface area contributed by atoms with Crippen LogP contribution in [0.4, 0.5) is 0 Å². The van der Waals surface area contributed by atoms with Crippen molar-refractivity contribution in [2.45, 2.75) is 0 Å². The van der Waals surface area contributed by atoms with Crippen LogP contribution in [0.2, 0.25) is 0 Å². The summed E-state index contributed by atoms with van der Waals surface area (Å²) >= 11 is -3.28. The van der Waals surface area contributed by atoms with Crippen LogP contribution in [-0.2, 0) is 39.4 Å². The van der Waals surface area contributed by atoms with Gasteiger partial charge in [-0.25, -0.2) is 0 Å². The first kappa shape index (κ1) is 14.0. The van der Waals surface area contributed by atoms with E-state index < -0.39 is 38.2 Å². The van der Waals surface area contributed by atoms with Crippen molar-refractivity contribution in [3.05, 3.63) is 12.5 Å². The maximum absolute atomic E-state index is 10.9. The standard InChI is InChI=1S/C3H3NO10S3/c5-15(6)13-17(9,10)14-16(7,8)12-3-4-1-2-11-3/h1-2H,(H,5,6). The molecule has 1 rings (SSSR count). The van der Waals surface area contributed by atoms with Crippen LogP contribution in [0.15, 0.2) is 16.9 Å². The Morgan fingerprint density at radius 1 is 1.29 bits per heavy atom. The molecule has 0 radical (unpaired) electrons. The Morgan fingerprint density at radius 3 is 2.41 bits per heavy atom. The lowest BCUT2D eigenvalue weighted by atomic mass is 11.0. The van der Waals surface area contributed by atoms with Gasteiger partial charge in [-0.15, -0.1) is 3.63 Å². The minimum atomic E-state index is -5.27. The van der Waals surface area contributed by atoms with Gasteiger partial charge in [0.25, 0.3) is 0 Å². The predicted octanol–water partition coefficient (Wildman–Crippen LogP) is -1.29. The van der Waals surface area contributed by atoms with Crippen molar-refractivity contribution in [1.29, 1.82) is 0 Å². The molecule has 0 aliphatic carbocycles. The van der Waals surface area contributed by atoms with E-state index >= 15 is 0 Å². The third-order valence-electron chi connectivity index (χ3n) is 0.891. The number of rotatable bonds is 6. The molecule has 1 atom stereocenters. The summed E-state index contributed by atoms with van der Waals surface area (Å²) in [6, 6.07) is 0. The largest absolute Gasteiger partial charge is 0.469 e. The van der Waals surface area contributed by atoms with Crippen molar-refractivity contribution in [2.24, 2.45) is 0 Å². The first-order chi connectivity index (χ1) is 7.70. The Balaban J connectivity index is 2.77. The zero-order valence-corrected chi connectivity index (χ0v) is 9.90. The average molecular weight is 309 g/mol.